The molecule has 56 heavy (non-hydrogen) atoms. The predicted octanol–water partition coefficient (Wildman–Crippen LogP) is 7.53. The molecule has 1 aromatic carbocycles. The Morgan fingerprint density at radius 2 is 1.25 bits per heavy atom. The molecule has 1 aromatic heterocycles. The van der Waals surface area contributed by atoms with Gasteiger partial charge in [0.1, 0.15) is 0 Å². The first-order valence-corrected chi connectivity index (χ1v) is 15.3. The monoisotopic (exact) mass is 889 g/mol. The largest absolute Gasteiger partial charge is 0.525 e. The molecule has 5 N–H and O–H groups in total. The number of nitrogens with zero attached hydrogens (tertiary/aromatic N) is 1. The van der Waals surface area contributed by atoms with Crippen LogP contribution < -0.4 is 4.87 Å². The molecule has 0 saturated heterocycles. The minimum Gasteiger partial charge on any atom is -0.481 e. The third kappa shape index (κ3) is 16.7. The number of alkyl halides is 14. The summed E-state index contributed by atoms with van der Waals surface area (Å²) in [7, 11) is 0. The molecule has 0 aliphatic rings. The van der Waals surface area contributed by atoms with Crippen molar-refractivity contribution in [2.45, 2.75) is 82.5 Å². The van der Waals surface area contributed by atoms with E-state index in [2.05, 4.69) is 4.74 Å². The number of rotatable bonds is 13. The van der Waals surface area contributed by atoms with Crippen LogP contribution in [0.25, 0.3) is 10.2 Å². The summed E-state index contributed by atoms with van der Waals surface area (Å²) in [4.78, 5) is 61.7. The van der Waals surface area contributed by atoms with Crippen LogP contribution in [-0.2, 0) is 35.3 Å². The highest BCUT2D eigenvalue weighted by atomic mass is 35.5. The average molecular weight is 890 g/mol. The Morgan fingerprint density at radius 3 is 1.59 bits per heavy atom. The Morgan fingerprint density at radius 1 is 0.768 bits per heavy atom. The summed E-state index contributed by atoms with van der Waals surface area (Å²) in [6.45, 7) is 3.28. The molecule has 0 aliphatic heterocycles. The third-order valence-electron chi connectivity index (χ3n) is 6.31. The lowest BCUT2D eigenvalue weighted by Crippen LogP contribution is -2.56. The fraction of sp³-hybridized carbons (Fsp3) is 0.556. The summed E-state index contributed by atoms with van der Waals surface area (Å²) in [5.41, 5.74) is 0.625. The van der Waals surface area contributed by atoms with E-state index >= 15 is 0 Å². The van der Waals surface area contributed by atoms with E-state index in [0.29, 0.717) is 10.5 Å². The number of thiazole rings is 1. The van der Waals surface area contributed by atoms with Crippen molar-refractivity contribution in [2.75, 3.05) is 0 Å². The van der Waals surface area contributed by atoms with Crippen molar-refractivity contribution in [3.8, 4) is 0 Å². The van der Waals surface area contributed by atoms with Crippen molar-refractivity contribution < 1.29 is 116 Å². The van der Waals surface area contributed by atoms with Crippen LogP contribution in [0.5, 0.6) is 0 Å². The van der Waals surface area contributed by atoms with Gasteiger partial charge in [-0.15, -0.1) is 13.2 Å². The Labute approximate surface area is 310 Å². The summed E-state index contributed by atoms with van der Waals surface area (Å²) < 4.78 is 168. The van der Waals surface area contributed by atoms with Gasteiger partial charge in [-0.25, -0.2) is 13.9 Å². The van der Waals surface area contributed by atoms with E-state index in [0.717, 1.165) is 16.0 Å². The first-order valence-electron chi connectivity index (χ1n) is 14.1. The van der Waals surface area contributed by atoms with E-state index < -0.39 is 85.0 Å². The van der Waals surface area contributed by atoms with Gasteiger partial charge in [-0.2, -0.15) is 43.9 Å². The first-order chi connectivity index (χ1) is 24.9. The summed E-state index contributed by atoms with van der Waals surface area (Å²) in [6, 6.07) is 5.25. The number of carboxylic acid groups (broad SMARTS) is 5. The van der Waals surface area contributed by atoms with Gasteiger partial charge in [-0.1, -0.05) is 42.9 Å². The van der Waals surface area contributed by atoms with Crippen molar-refractivity contribution in [1.29, 1.82) is 0 Å². The highest BCUT2D eigenvalue weighted by Gasteiger charge is 2.76. The molecule has 3 unspecified atom stereocenters. The molecular weight excluding hydrogens is 864 g/mol. The molecule has 0 spiro atoms. The molecular formula is C27H26ClF14NO12S. The standard InChI is InChI=1S/C10H8ClNO3S.C7H12O4.C6H5F7O3.C4HF7O2/c11-6-2-1-3-7-9(6)12(10(15)16-7)5-4-8(13)14;1-4(3-6(8)9)5(2)7(10)11;7-4(5(8,9)10,2-1-3(14)15)16-6(11,12)13;5-2(6,1(12)13)3(7,8)4(9,10)11/h1-3H,4-5H2,(H,13,14);4-5H,3H2,1-2H3,(H,8,9)(H,10,11);1-2H2,(H,14,15);(H,12,13). The highest BCUT2D eigenvalue weighted by molar-refractivity contribution is 7.16. The molecule has 0 bridgehead atoms. The van der Waals surface area contributed by atoms with E-state index in [1.165, 1.54) is 11.5 Å². The number of aromatic nitrogens is 1. The Balaban J connectivity index is 0. The van der Waals surface area contributed by atoms with Gasteiger partial charge < -0.3 is 25.5 Å². The maximum atomic E-state index is 12.8. The van der Waals surface area contributed by atoms with Crippen LogP contribution in [0.3, 0.4) is 0 Å². The molecule has 2 aromatic rings. The van der Waals surface area contributed by atoms with Crippen LogP contribution in [0, 0.1) is 11.8 Å². The zero-order chi connectivity index (χ0) is 45.0. The van der Waals surface area contributed by atoms with Crippen LogP contribution in [0.1, 0.15) is 39.5 Å². The highest BCUT2D eigenvalue weighted by Crippen LogP contribution is 2.46. The van der Waals surface area contributed by atoms with Crippen LogP contribution in [0.4, 0.5) is 61.5 Å². The lowest BCUT2D eigenvalue weighted by atomic mass is 9.93. The van der Waals surface area contributed by atoms with Gasteiger partial charge in [-0.3, -0.25) is 28.5 Å². The number of carboxylic acids is 5. The zero-order valence-corrected chi connectivity index (χ0v) is 29.1. The van der Waals surface area contributed by atoms with E-state index in [-0.39, 0.29) is 30.2 Å². The molecule has 0 radical (unpaired) electrons. The van der Waals surface area contributed by atoms with Crippen LogP contribution in [0.2, 0.25) is 5.02 Å². The number of halogens is 15. The number of carbonyl (C=O) groups is 5. The van der Waals surface area contributed by atoms with Gasteiger partial charge in [0.25, 0.3) is 0 Å². The molecule has 0 amide bonds. The van der Waals surface area contributed by atoms with Crippen molar-refractivity contribution in [2.24, 2.45) is 11.8 Å². The number of benzene rings is 1. The zero-order valence-electron chi connectivity index (χ0n) is 27.5. The van der Waals surface area contributed by atoms with E-state index in [9.17, 15) is 90.2 Å². The molecule has 1 heterocycles. The second-order valence-corrected chi connectivity index (χ2v) is 12.0. The van der Waals surface area contributed by atoms with Gasteiger partial charge in [0.2, 0.25) is 0 Å². The Kier molecular flexibility index (Phi) is 19.8. The summed E-state index contributed by atoms with van der Waals surface area (Å²) >= 11 is 7.06. The van der Waals surface area contributed by atoms with Gasteiger partial charge in [0.15, 0.2) is 0 Å². The average Bonchev–Trinajstić information content (AvgIpc) is 3.32. The fourth-order valence-electron chi connectivity index (χ4n) is 3.20. The molecule has 0 aliphatic carbocycles. The molecule has 29 heteroatoms. The Hall–Kier alpha value is -4.47. The molecule has 13 nitrogen and oxygen atoms in total. The maximum Gasteiger partial charge on any atom is 0.525 e. The molecule has 322 valence electrons. The van der Waals surface area contributed by atoms with Crippen molar-refractivity contribution >= 4 is 63.0 Å². The van der Waals surface area contributed by atoms with E-state index in [1.54, 1.807) is 25.1 Å². The topological polar surface area (TPSA) is 218 Å². The maximum absolute atomic E-state index is 12.8. The number of ether oxygens (including phenoxy) is 1. The van der Waals surface area contributed by atoms with Crippen LogP contribution >= 0.6 is 22.9 Å². The SMILES string of the molecule is CC(CC(=O)O)C(C)C(=O)O.O=C(O)C(F)(F)C(F)(F)C(F)(F)F.O=C(O)CCC(F)(OC(F)(F)F)C(F)(F)F.O=C(O)CCn1c(=O)sc2cccc(Cl)c21. The molecule has 2 rings (SSSR count). The quantitative estimate of drug-likeness (QED) is 0.123. The summed E-state index contributed by atoms with van der Waals surface area (Å²) in [5, 5.41) is 41.2. The van der Waals surface area contributed by atoms with Gasteiger partial charge in [0, 0.05) is 19.4 Å². The number of fused-ring (bicyclic) bond motifs is 1. The third-order valence-corrected chi connectivity index (χ3v) is 7.56. The van der Waals surface area contributed by atoms with Crippen molar-refractivity contribution in [3.05, 3.63) is 32.9 Å². The minimum atomic E-state index is -6.60. The molecule has 0 fully saturated rings. The van der Waals surface area contributed by atoms with Crippen LogP contribution in [0.15, 0.2) is 23.0 Å². The second-order valence-electron chi connectivity index (χ2n) is 10.6. The number of hydrogen-bond donors (Lipinski definition) is 5. The smallest absolute Gasteiger partial charge is 0.481 e. The summed E-state index contributed by atoms with van der Waals surface area (Å²) in [6.07, 6.45) is -22.0. The minimum absolute atomic E-state index is 0.0863. The Bertz CT molecular complexity index is 1730. The van der Waals surface area contributed by atoms with E-state index in [1.807, 2.05) is 0 Å². The number of hydrogen-bond acceptors (Lipinski definition) is 8. The molecule has 3 atom stereocenters. The predicted molar refractivity (Wildman–Crippen MR) is 159 cm³/mol. The second kappa shape index (κ2) is 20.6. The van der Waals surface area contributed by atoms with Gasteiger partial charge in [-0.05, 0) is 18.1 Å². The van der Waals surface area contributed by atoms with Gasteiger partial charge in [0.05, 0.1) is 34.0 Å². The number of para-hydroxylation sites is 1. The number of aryl methyl sites for hydroxylation is 1. The van der Waals surface area contributed by atoms with E-state index in [4.69, 9.17) is 37.1 Å². The fourth-order valence-corrected chi connectivity index (χ4v) is 4.48. The lowest BCUT2D eigenvalue weighted by molar-refractivity contribution is -0.448. The van der Waals surface area contributed by atoms with Crippen molar-refractivity contribution in [1.82, 2.24) is 4.57 Å². The van der Waals surface area contributed by atoms with Crippen molar-refractivity contribution in [3.63, 3.8) is 0 Å². The first kappa shape index (κ1) is 53.6. The normalized spacial score (nSPS) is 14.3. The lowest BCUT2D eigenvalue weighted by Gasteiger charge is -2.27. The van der Waals surface area contributed by atoms with Crippen LogP contribution in [-0.4, -0.2) is 96.4 Å². The van der Waals surface area contributed by atoms with Gasteiger partial charge >= 0.3 is 71.1 Å². The number of aliphatic carboxylic acids is 5. The molecule has 0 saturated carbocycles. The summed E-state index contributed by atoms with van der Waals surface area (Å²) in [5.74, 6) is -26.9.